The lowest BCUT2D eigenvalue weighted by Crippen LogP contribution is -2.19. The van der Waals surface area contributed by atoms with E-state index in [0.29, 0.717) is 0 Å². The van der Waals surface area contributed by atoms with Gasteiger partial charge in [-0.15, -0.1) is 0 Å². The van der Waals surface area contributed by atoms with Crippen molar-refractivity contribution in [3.63, 3.8) is 0 Å². The van der Waals surface area contributed by atoms with E-state index in [1.54, 1.807) is 0 Å². The van der Waals surface area contributed by atoms with Crippen molar-refractivity contribution < 1.29 is 4.74 Å². The molecule has 0 aromatic heterocycles. The number of hydrogen-bond donors (Lipinski definition) is 1. The lowest BCUT2D eigenvalue weighted by molar-refractivity contribution is 0.291. The first-order valence-corrected chi connectivity index (χ1v) is 8.11. The molecule has 1 heterocycles. The van der Waals surface area contributed by atoms with Gasteiger partial charge in [0.05, 0.1) is 6.61 Å². The highest BCUT2D eigenvalue weighted by Crippen LogP contribution is 2.60. The van der Waals surface area contributed by atoms with E-state index in [-0.39, 0.29) is 11.5 Å². The van der Waals surface area contributed by atoms with Gasteiger partial charge >= 0.3 is 0 Å². The fourth-order valence-electron chi connectivity index (χ4n) is 4.55. The second kappa shape index (κ2) is 4.24. The van der Waals surface area contributed by atoms with Gasteiger partial charge in [-0.2, -0.15) is 0 Å². The number of hydrogen-bond acceptors (Lipinski definition) is 2. The minimum atomic E-state index is 0.126. The summed E-state index contributed by atoms with van der Waals surface area (Å²) in [6.45, 7) is 5.30. The largest absolute Gasteiger partial charge is 0.492 e. The van der Waals surface area contributed by atoms with Crippen molar-refractivity contribution in [2.24, 2.45) is 23.5 Å². The Balaban J connectivity index is 1.60. The molecule has 1 aromatic carbocycles. The van der Waals surface area contributed by atoms with E-state index in [0.717, 1.165) is 30.1 Å². The van der Waals surface area contributed by atoms with Gasteiger partial charge in [0.25, 0.3) is 0 Å². The third kappa shape index (κ3) is 1.81. The SMILES string of the molecule is CC1(C)COc2ccc(C(N)C3C4CCCCC43)cc21. The molecule has 2 N–H and O–H groups in total. The second-order valence-corrected chi connectivity index (χ2v) is 7.64. The van der Waals surface area contributed by atoms with E-state index >= 15 is 0 Å². The predicted molar refractivity (Wildman–Crippen MR) is 80.8 cm³/mol. The summed E-state index contributed by atoms with van der Waals surface area (Å²) in [4.78, 5) is 0. The van der Waals surface area contributed by atoms with Gasteiger partial charge in [-0.3, -0.25) is 0 Å². The highest BCUT2D eigenvalue weighted by molar-refractivity contribution is 5.46. The third-order valence-corrected chi connectivity index (χ3v) is 5.84. The summed E-state index contributed by atoms with van der Waals surface area (Å²) in [6, 6.07) is 6.86. The highest BCUT2D eigenvalue weighted by Gasteiger charge is 2.53. The summed E-state index contributed by atoms with van der Waals surface area (Å²) in [5, 5.41) is 0. The molecule has 1 aromatic rings. The fourth-order valence-corrected chi connectivity index (χ4v) is 4.55. The van der Waals surface area contributed by atoms with Gasteiger partial charge in [0.15, 0.2) is 0 Å². The first kappa shape index (κ1) is 12.7. The molecule has 2 saturated carbocycles. The lowest BCUT2D eigenvalue weighted by atomic mass is 9.85. The summed E-state index contributed by atoms with van der Waals surface area (Å²) in [5.41, 5.74) is 9.39. The van der Waals surface area contributed by atoms with Crippen LogP contribution >= 0.6 is 0 Å². The maximum atomic E-state index is 6.60. The molecule has 20 heavy (non-hydrogen) atoms. The standard InChI is InChI=1S/C18H25NO/c1-18(2)10-20-15-8-7-11(9-14(15)18)17(19)16-12-5-3-4-6-13(12)16/h7-9,12-13,16-17H,3-6,10,19H2,1-2H3. The van der Waals surface area contributed by atoms with E-state index in [1.165, 1.54) is 36.8 Å². The number of benzene rings is 1. The molecule has 0 saturated heterocycles. The smallest absolute Gasteiger partial charge is 0.123 e. The monoisotopic (exact) mass is 271 g/mol. The van der Waals surface area contributed by atoms with Gasteiger partial charge in [0.2, 0.25) is 0 Å². The Kier molecular flexibility index (Phi) is 2.69. The average molecular weight is 271 g/mol. The van der Waals surface area contributed by atoms with Crippen LogP contribution in [0, 0.1) is 17.8 Å². The molecule has 3 atom stereocenters. The van der Waals surface area contributed by atoms with Gasteiger partial charge in [0.1, 0.15) is 5.75 Å². The van der Waals surface area contributed by atoms with Crippen LogP contribution in [0.5, 0.6) is 5.75 Å². The van der Waals surface area contributed by atoms with Crippen molar-refractivity contribution in [1.29, 1.82) is 0 Å². The first-order chi connectivity index (χ1) is 9.58. The topological polar surface area (TPSA) is 35.2 Å². The Morgan fingerprint density at radius 3 is 2.60 bits per heavy atom. The van der Waals surface area contributed by atoms with E-state index in [4.69, 9.17) is 10.5 Å². The van der Waals surface area contributed by atoms with Gasteiger partial charge in [-0.1, -0.05) is 32.8 Å². The summed E-state index contributed by atoms with van der Waals surface area (Å²) in [6.07, 6.45) is 5.63. The summed E-state index contributed by atoms with van der Waals surface area (Å²) in [7, 11) is 0. The lowest BCUT2D eigenvalue weighted by Gasteiger charge is -2.18. The molecule has 2 fully saturated rings. The number of rotatable bonds is 2. The van der Waals surface area contributed by atoms with Crippen molar-refractivity contribution in [2.45, 2.75) is 51.0 Å². The van der Waals surface area contributed by atoms with Crippen LogP contribution in [0.4, 0.5) is 0 Å². The Morgan fingerprint density at radius 2 is 1.90 bits per heavy atom. The molecule has 2 nitrogen and oxygen atoms in total. The Morgan fingerprint density at radius 1 is 1.20 bits per heavy atom. The molecule has 0 radical (unpaired) electrons. The number of nitrogens with two attached hydrogens (primary N) is 1. The van der Waals surface area contributed by atoms with Gasteiger partial charge < -0.3 is 10.5 Å². The fraction of sp³-hybridized carbons (Fsp3) is 0.667. The normalized spacial score (nSPS) is 34.9. The molecule has 3 aliphatic rings. The van der Waals surface area contributed by atoms with Crippen molar-refractivity contribution in [3.05, 3.63) is 29.3 Å². The average Bonchev–Trinajstić information content (AvgIpc) is 3.10. The molecule has 3 unspecified atom stereocenters. The second-order valence-electron chi connectivity index (χ2n) is 7.64. The summed E-state index contributed by atoms with van der Waals surface area (Å²) >= 11 is 0. The van der Waals surface area contributed by atoms with Crippen LogP contribution in [0.3, 0.4) is 0 Å². The zero-order valence-corrected chi connectivity index (χ0v) is 12.6. The molecule has 2 heteroatoms. The van der Waals surface area contributed by atoms with Crippen LogP contribution in [0.15, 0.2) is 18.2 Å². The van der Waals surface area contributed by atoms with Crippen molar-refractivity contribution in [2.75, 3.05) is 6.61 Å². The quantitative estimate of drug-likeness (QED) is 0.888. The minimum absolute atomic E-state index is 0.126. The van der Waals surface area contributed by atoms with E-state index in [9.17, 15) is 0 Å². The van der Waals surface area contributed by atoms with Crippen LogP contribution in [-0.2, 0) is 5.41 Å². The van der Waals surface area contributed by atoms with Crippen LogP contribution in [0.2, 0.25) is 0 Å². The molecule has 2 aliphatic carbocycles. The Bertz CT molecular complexity index is 524. The Hall–Kier alpha value is -1.02. The van der Waals surface area contributed by atoms with Crippen molar-refractivity contribution in [1.82, 2.24) is 0 Å². The van der Waals surface area contributed by atoms with Gasteiger partial charge in [-0.25, -0.2) is 0 Å². The molecule has 0 amide bonds. The molecule has 4 rings (SSSR count). The minimum Gasteiger partial charge on any atom is -0.492 e. The zero-order valence-electron chi connectivity index (χ0n) is 12.6. The number of ether oxygens (including phenoxy) is 1. The number of fused-ring (bicyclic) bond motifs is 2. The highest BCUT2D eigenvalue weighted by atomic mass is 16.5. The maximum absolute atomic E-state index is 6.60. The molecule has 1 aliphatic heterocycles. The van der Waals surface area contributed by atoms with Crippen LogP contribution in [0.25, 0.3) is 0 Å². The van der Waals surface area contributed by atoms with Gasteiger partial charge in [-0.05, 0) is 48.3 Å². The van der Waals surface area contributed by atoms with E-state index in [1.807, 2.05) is 0 Å². The molecular weight excluding hydrogens is 246 g/mol. The van der Waals surface area contributed by atoms with Crippen LogP contribution in [0.1, 0.15) is 56.7 Å². The summed E-state index contributed by atoms with van der Waals surface area (Å²) < 4.78 is 5.78. The molecule has 108 valence electrons. The summed E-state index contributed by atoms with van der Waals surface area (Å²) in [5.74, 6) is 3.62. The zero-order chi connectivity index (χ0) is 13.9. The third-order valence-electron chi connectivity index (χ3n) is 5.84. The van der Waals surface area contributed by atoms with Gasteiger partial charge in [0, 0.05) is 17.0 Å². The molecule has 0 bridgehead atoms. The molecule has 0 spiro atoms. The van der Waals surface area contributed by atoms with Crippen LogP contribution < -0.4 is 10.5 Å². The first-order valence-electron chi connectivity index (χ1n) is 8.11. The predicted octanol–water partition coefficient (Wildman–Crippen LogP) is 3.79. The van der Waals surface area contributed by atoms with Crippen LogP contribution in [-0.4, -0.2) is 6.61 Å². The maximum Gasteiger partial charge on any atom is 0.123 e. The van der Waals surface area contributed by atoms with E-state index < -0.39 is 0 Å². The van der Waals surface area contributed by atoms with E-state index in [2.05, 4.69) is 32.0 Å². The molecular formula is C18H25NO. The Labute approximate surface area is 121 Å². The van der Waals surface area contributed by atoms with Crippen molar-refractivity contribution in [3.8, 4) is 5.75 Å². The van der Waals surface area contributed by atoms with Crippen molar-refractivity contribution >= 4 is 0 Å².